The topological polar surface area (TPSA) is 81.4 Å². The van der Waals surface area contributed by atoms with Crippen LogP contribution < -0.4 is 15.8 Å². The van der Waals surface area contributed by atoms with Crippen LogP contribution in [0.15, 0.2) is 48.5 Å². The Balaban J connectivity index is 1.71. The zero-order chi connectivity index (χ0) is 17.9. The van der Waals surface area contributed by atoms with E-state index in [0.717, 1.165) is 24.8 Å². The number of hydrogen-bond acceptors (Lipinski definition) is 3. The third kappa shape index (κ3) is 3.77. The first-order chi connectivity index (χ1) is 12.0. The largest absolute Gasteiger partial charge is 0.484 e. The van der Waals surface area contributed by atoms with Crippen LogP contribution in [-0.2, 0) is 15.0 Å². The molecule has 6 heteroatoms. The highest BCUT2D eigenvalue weighted by Gasteiger charge is 2.45. The van der Waals surface area contributed by atoms with Gasteiger partial charge in [-0.25, -0.2) is 0 Å². The fourth-order valence-corrected chi connectivity index (χ4v) is 3.19. The van der Waals surface area contributed by atoms with Gasteiger partial charge in [0, 0.05) is 10.7 Å². The molecule has 0 unspecified atom stereocenters. The zero-order valence-corrected chi connectivity index (χ0v) is 14.4. The minimum absolute atomic E-state index is 0.0354. The van der Waals surface area contributed by atoms with Crippen LogP contribution in [0, 0.1) is 0 Å². The second-order valence-electron chi connectivity index (χ2n) is 6.18. The van der Waals surface area contributed by atoms with Gasteiger partial charge in [-0.1, -0.05) is 30.2 Å². The fourth-order valence-electron chi connectivity index (χ4n) is 3.00. The average molecular weight is 359 g/mol. The molecule has 3 rings (SSSR count). The summed E-state index contributed by atoms with van der Waals surface area (Å²) in [6, 6.07) is 14.3. The summed E-state index contributed by atoms with van der Waals surface area (Å²) in [6.45, 7) is -0.177. The summed E-state index contributed by atoms with van der Waals surface area (Å²) in [6.07, 6.45) is 2.62. The molecule has 0 saturated heterocycles. The van der Waals surface area contributed by atoms with E-state index < -0.39 is 11.3 Å². The summed E-state index contributed by atoms with van der Waals surface area (Å²) in [5.41, 5.74) is 6.14. The maximum Gasteiger partial charge on any atom is 0.255 e. The highest BCUT2D eigenvalue weighted by molar-refractivity contribution is 6.30. The standard InChI is InChI=1S/C19H19ClN2O3/c20-14-4-1-3-13(11-14)19(9-2-10-19)18(24)22-15-5-7-16(8-6-15)25-12-17(21)23/h1,3-8,11H,2,9-10,12H2,(H2,21,23)(H,22,24). The molecule has 1 saturated carbocycles. The quantitative estimate of drug-likeness (QED) is 0.831. The molecule has 25 heavy (non-hydrogen) atoms. The molecule has 1 aliphatic rings. The predicted octanol–water partition coefficient (Wildman–Crippen LogP) is 3.26. The number of nitrogens with two attached hydrogens (primary N) is 1. The van der Waals surface area contributed by atoms with Gasteiger partial charge in [-0.05, 0) is 54.8 Å². The van der Waals surface area contributed by atoms with Crippen molar-refractivity contribution in [3.05, 3.63) is 59.1 Å². The molecule has 5 nitrogen and oxygen atoms in total. The van der Waals surface area contributed by atoms with Crippen LogP contribution in [0.5, 0.6) is 5.75 Å². The van der Waals surface area contributed by atoms with E-state index in [4.69, 9.17) is 22.1 Å². The highest BCUT2D eigenvalue weighted by atomic mass is 35.5. The Kier molecular flexibility index (Phi) is 4.95. The van der Waals surface area contributed by atoms with E-state index >= 15 is 0 Å². The van der Waals surface area contributed by atoms with E-state index in [9.17, 15) is 9.59 Å². The van der Waals surface area contributed by atoms with E-state index in [1.807, 2.05) is 18.2 Å². The monoisotopic (exact) mass is 358 g/mol. The summed E-state index contributed by atoms with van der Waals surface area (Å²) in [4.78, 5) is 23.6. The number of carbonyl (C=O) groups excluding carboxylic acids is 2. The molecule has 0 aliphatic heterocycles. The third-order valence-corrected chi connectivity index (χ3v) is 4.75. The number of carbonyl (C=O) groups is 2. The first-order valence-corrected chi connectivity index (χ1v) is 8.46. The predicted molar refractivity (Wildman–Crippen MR) is 96.7 cm³/mol. The van der Waals surface area contributed by atoms with Crippen molar-refractivity contribution in [1.82, 2.24) is 0 Å². The van der Waals surface area contributed by atoms with E-state index in [1.165, 1.54) is 0 Å². The van der Waals surface area contributed by atoms with E-state index in [2.05, 4.69) is 5.32 Å². The van der Waals surface area contributed by atoms with E-state index in [1.54, 1.807) is 30.3 Å². The van der Waals surface area contributed by atoms with Gasteiger partial charge in [-0.2, -0.15) is 0 Å². The van der Waals surface area contributed by atoms with Crippen molar-refractivity contribution in [2.24, 2.45) is 5.73 Å². The minimum atomic E-state index is -0.536. The molecule has 2 aromatic rings. The lowest BCUT2D eigenvalue weighted by molar-refractivity contribution is -0.124. The maximum atomic E-state index is 12.9. The minimum Gasteiger partial charge on any atom is -0.484 e. The Hall–Kier alpha value is -2.53. The summed E-state index contributed by atoms with van der Waals surface area (Å²) >= 11 is 6.09. The normalized spacial score (nSPS) is 15.1. The number of halogens is 1. The molecule has 0 atom stereocenters. The maximum absolute atomic E-state index is 12.9. The summed E-state index contributed by atoms with van der Waals surface area (Å²) < 4.78 is 5.21. The van der Waals surface area contributed by atoms with Gasteiger partial charge in [0.2, 0.25) is 5.91 Å². The lowest BCUT2D eigenvalue weighted by atomic mass is 9.64. The summed E-state index contributed by atoms with van der Waals surface area (Å²) in [5.74, 6) is -0.0531. The van der Waals surface area contributed by atoms with Gasteiger partial charge in [0.1, 0.15) is 5.75 Å². The molecule has 130 valence electrons. The summed E-state index contributed by atoms with van der Waals surface area (Å²) in [5, 5.41) is 3.60. The smallest absolute Gasteiger partial charge is 0.255 e. The Labute approximate surface area is 151 Å². The van der Waals surface area contributed by atoms with Crippen molar-refractivity contribution in [2.75, 3.05) is 11.9 Å². The number of anilines is 1. The van der Waals surface area contributed by atoms with Crippen molar-refractivity contribution in [1.29, 1.82) is 0 Å². The van der Waals surface area contributed by atoms with E-state index in [-0.39, 0.29) is 12.5 Å². The third-order valence-electron chi connectivity index (χ3n) is 4.51. The van der Waals surface area contributed by atoms with Gasteiger partial charge in [0.05, 0.1) is 5.41 Å². The first kappa shape index (κ1) is 17.3. The molecular weight excluding hydrogens is 340 g/mol. The van der Waals surface area contributed by atoms with Crippen molar-refractivity contribution in [3.8, 4) is 5.75 Å². The molecule has 1 fully saturated rings. The number of primary amides is 1. The molecule has 2 aromatic carbocycles. The Morgan fingerprint density at radius 3 is 2.44 bits per heavy atom. The van der Waals surface area contributed by atoms with Gasteiger partial charge in [0.15, 0.2) is 6.61 Å². The molecule has 0 radical (unpaired) electrons. The summed E-state index contributed by atoms with van der Waals surface area (Å²) in [7, 11) is 0. The number of hydrogen-bond donors (Lipinski definition) is 2. The van der Waals surface area contributed by atoms with Crippen LogP contribution in [0.25, 0.3) is 0 Å². The number of nitrogens with one attached hydrogen (secondary N) is 1. The molecule has 3 N–H and O–H groups in total. The average Bonchev–Trinajstić information content (AvgIpc) is 2.53. The van der Waals surface area contributed by atoms with Gasteiger partial charge >= 0.3 is 0 Å². The Morgan fingerprint density at radius 1 is 1.16 bits per heavy atom. The van der Waals surface area contributed by atoms with Crippen LogP contribution in [0.1, 0.15) is 24.8 Å². The number of benzene rings is 2. The number of ether oxygens (including phenoxy) is 1. The Bertz CT molecular complexity index is 786. The van der Waals surface area contributed by atoms with Gasteiger partial charge in [-0.3, -0.25) is 9.59 Å². The van der Waals surface area contributed by atoms with Crippen LogP contribution >= 0.6 is 11.6 Å². The van der Waals surface area contributed by atoms with Gasteiger partial charge in [0.25, 0.3) is 5.91 Å². The number of rotatable bonds is 6. The van der Waals surface area contributed by atoms with Crippen LogP contribution in [0.3, 0.4) is 0 Å². The Morgan fingerprint density at radius 2 is 1.88 bits per heavy atom. The molecule has 0 aromatic heterocycles. The van der Waals surface area contributed by atoms with Crippen molar-refractivity contribution < 1.29 is 14.3 Å². The lowest BCUT2D eigenvalue weighted by Gasteiger charge is -2.40. The second-order valence-corrected chi connectivity index (χ2v) is 6.62. The van der Waals surface area contributed by atoms with Crippen LogP contribution in [0.2, 0.25) is 5.02 Å². The van der Waals surface area contributed by atoms with Crippen molar-refractivity contribution in [3.63, 3.8) is 0 Å². The van der Waals surface area contributed by atoms with Crippen LogP contribution in [-0.4, -0.2) is 18.4 Å². The van der Waals surface area contributed by atoms with E-state index in [0.29, 0.717) is 16.5 Å². The van der Waals surface area contributed by atoms with Crippen molar-refractivity contribution in [2.45, 2.75) is 24.7 Å². The fraction of sp³-hybridized carbons (Fsp3) is 0.263. The second kappa shape index (κ2) is 7.15. The van der Waals surface area contributed by atoms with Crippen LogP contribution in [0.4, 0.5) is 5.69 Å². The molecule has 0 spiro atoms. The first-order valence-electron chi connectivity index (χ1n) is 8.08. The SMILES string of the molecule is NC(=O)COc1ccc(NC(=O)C2(c3cccc(Cl)c3)CCC2)cc1. The molecule has 1 aliphatic carbocycles. The van der Waals surface area contributed by atoms with Crippen molar-refractivity contribution >= 4 is 29.1 Å². The number of amides is 2. The molecular formula is C19H19ClN2O3. The zero-order valence-electron chi connectivity index (χ0n) is 13.6. The highest BCUT2D eigenvalue weighted by Crippen LogP contribution is 2.45. The molecule has 0 heterocycles. The molecule has 2 amide bonds. The molecule has 0 bridgehead atoms. The van der Waals surface area contributed by atoms with Gasteiger partial charge < -0.3 is 15.8 Å². The lowest BCUT2D eigenvalue weighted by Crippen LogP contribution is -2.46. The van der Waals surface area contributed by atoms with Gasteiger partial charge in [-0.15, -0.1) is 0 Å².